The fourth-order valence-electron chi connectivity index (χ4n) is 2.59. The highest BCUT2D eigenvalue weighted by atomic mass is 16.2. The monoisotopic (exact) mass is 337 g/mol. The van der Waals surface area contributed by atoms with Crippen molar-refractivity contribution in [3.05, 3.63) is 60.2 Å². The normalized spacial score (nSPS) is 14.4. The van der Waals surface area contributed by atoms with Gasteiger partial charge in [-0.2, -0.15) is 0 Å². The maximum atomic E-state index is 12.1. The van der Waals surface area contributed by atoms with Crippen molar-refractivity contribution in [2.45, 2.75) is 25.7 Å². The smallest absolute Gasteiger partial charge is 0.319 e. The molecule has 3 amide bonds. The van der Waals surface area contributed by atoms with Crippen molar-refractivity contribution in [1.82, 2.24) is 5.32 Å². The van der Waals surface area contributed by atoms with Crippen LogP contribution in [0.4, 0.5) is 16.2 Å². The Hall–Kier alpha value is -2.82. The minimum atomic E-state index is -0.256. The molecule has 0 heterocycles. The molecule has 3 N–H and O–H groups in total. The van der Waals surface area contributed by atoms with Gasteiger partial charge >= 0.3 is 6.03 Å². The maximum Gasteiger partial charge on any atom is 0.319 e. The molecule has 1 atom stereocenters. The number of urea groups is 1. The zero-order valence-corrected chi connectivity index (χ0v) is 14.3. The molecule has 0 aromatic heterocycles. The van der Waals surface area contributed by atoms with Crippen molar-refractivity contribution in [3.63, 3.8) is 0 Å². The maximum absolute atomic E-state index is 12.1. The Morgan fingerprint density at radius 2 is 1.68 bits per heavy atom. The third-order valence-corrected chi connectivity index (χ3v) is 4.27. The summed E-state index contributed by atoms with van der Waals surface area (Å²) in [5.41, 5.74) is 2.54. The Labute approximate surface area is 147 Å². The van der Waals surface area contributed by atoms with Gasteiger partial charge in [-0.1, -0.05) is 43.3 Å². The van der Waals surface area contributed by atoms with Crippen molar-refractivity contribution in [2.75, 3.05) is 17.2 Å². The van der Waals surface area contributed by atoms with Gasteiger partial charge in [0.15, 0.2) is 0 Å². The predicted octanol–water partition coefficient (Wildman–Crippen LogP) is 3.96. The number of hydrogen-bond donors (Lipinski definition) is 3. The summed E-state index contributed by atoms with van der Waals surface area (Å²) in [7, 11) is 0. The van der Waals surface area contributed by atoms with E-state index in [9.17, 15) is 9.59 Å². The number of carbonyl (C=O) groups excluding carboxylic acids is 2. The van der Waals surface area contributed by atoms with Crippen molar-refractivity contribution < 1.29 is 9.59 Å². The number of carbonyl (C=O) groups is 2. The van der Waals surface area contributed by atoms with Gasteiger partial charge in [0.25, 0.3) is 0 Å². The first kappa shape index (κ1) is 17.0. The SMILES string of the molecule is C[C@H](CNC(=O)Nc1cccc(NC(=O)C2CC2)c1)c1ccccc1. The van der Waals surface area contributed by atoms with Gasteiger partial charge in [0.2, 0.25) is 5.91 Å². The zero-order chi connectivity index (χ0) is 17.6. The molecule has 0 radical (unpaired) electrons. The van der Waals surface area contributed by atoms with Crippen molar-refractivity contribution in [2.24, 2.45) is 5.92 Å². The second-order valence-electron chi connectivity index (χ2n) is 6.49. The minimum absolute atomic E-state index is 0.0540. The predicted molar refractivity (Wildman–Crippen MR) is 99.7 cm³/mol. The van der Waals surface area contributed by atoms with Crippen LogP contribution < -0.4 is 16.0 Å². The Morgan fingerprint density at radius 1 is 1.00 bits per heavy atom. The molecule has 0 unspecified atom stereocenters. The molecule has 2 aromatic carbocycles. The largest absolute Gasteiger partial charge is 0.337 e. The fraction of sp³-hybridized carbons (Fsp3) is 0.300. The molecule has 1 aliphatic rings. The highest BCUT2D eigenvalue weighted by Gasteiger charge is 2.29. The molecule has 1 saturated carbocycles. The van der Waals surface area contributed by atoms with Crippen LogP contribution in [-0.4, -0.2) is 18.5 Å². The molecule has 0 bridgehead atoms. The first-order chi connectivity index (χ1) is 12.1. The van der Waals surface area contributed by atoms with Crippen LogP contribution in [0.15, 0.2) is 54.6 Å². The summed E-state index contributed by atoms with van der Waals surface area (Å²) < 4.78 is 0. The summed E-state index contributed by atoms with van der Waals surface area (Å²) in [5, 5.41) is 8.56. The van der Waals surface area contributed by atoms with E-state index in [1.165, 1.54) is 5.56 Å². The molecule has 25 heavy (non-hydrogen) atoms. The summed E-state index contributed by atoms with van der Waals surface area (Å²) in [4.78, 5) is 23.9. The first-order valence-corrected chi connectivity index (χ1v) is 8.62. The molecule has 130 valence electrons. The van der Waals surface area contributed by atoms with Crippen molar-refractivity contribution in [1.29, 1.82) is 0 Å². The summed E-state index contributed by atoms with van der Waals surface area (Å²) in [5.74, 6) is 0.439. The topological polar surface area (TPSA) is 70.2 Å². The van der Waals surface area contributed by atoms with Crippen LogP contribution in [0.25, 0.3) is 0 Å². The van der Waals surface area contributed by atoms with Gasteiger partial charge in [-0.3, -0.25) is 4.79 Å². The molecule has 5 heteroatoms. The zero-order valence-electron chi connectivity index (χ0n) is 14.3. The lowest BCUT2D eigenvalue weighted by Crippen LogP contribution is -2.31. The lowest BCUT2D eigenvalue weighted by molar-refractivity contribution is -0.117. The van der Waals surface area contributed by atoms with E-state index in [-0.39, 0.29) is 23.8 Å². The number of hydrogen-bond acceptors (Lipinski definition) is 2. The third-order valence-electron chi connectivity index (χ3n) is 4.27. The van der Waals surface area contributed by atoms with E-state index in [0.29, 0.717) is 17.9 Å². The summed E-state index contributed by atoms with van der Waals surface area (Å²) >= 11 is 0. The van der Waals surface area contributed by atoms with Crippen LogP contribution in [0.2, 0.25) is 0 Å². The highest BCUT2D eigenvalue weighted by molar-refractivity contribution is 5.95. The lowest BCUT2D eigenvalue weighted by Gasteiger charge is -2.14. The van der Waals surface area contributed by atoms with Gasteiger partial charge < -0.3 is 16.0 Å². The van der Waals surface area contributed by atoms with E-state index < -0.39 is 0 Å². The Balaban J connectivity index is 1.49. The Kier molecular flexibility index (Phi) is 5.33. The highest BCUT2D eigenvalue weighted by Crippen LogP contribution is 2.30. The van der Waals surface area contributed by atoms with Gasteiger partial charge in [0.1, 0.15) is 0 Å². The van der Waals surface area contributed by atoms with E-state index in [0.717, 1.165) is 12.8 Å². The van der Waals surface area contributed by atoms with Gasteiger partial charge in [0.05, 0.1) is 0 Å². The van der Waals surface area contributed by atoms with E-state index in [2.05, 4.69) is 35.0 Å². The van der Waals surface area contributed by atoms with Gasteiger partial charge in [0, 0.05) is 23.8 Å². The van der Waals surface area contributed by atoms with Crippen molar-refractivity contribution in [3.8, 4) is 0 Å². The number of rotatable bonds is 6. The molecule has 0 spiro atoms. The molecule has 5 nitrogen and oxygen atoms in total. The van der Waals surface area contributed by atoms with E-state index in [1.54, 1.807) is 12.1 Å². The fourth-order valence-corrected chi connectivity index (χ4v) is 2.59. The minimum Gasteiger partial charge on any atom is -0.337 e. The molecule has 0 aliphatic heterocycles. The molecule has 2 aromatic rings. The Bertz CT molecular complexity index is 742. The van der Waals surface area contributed by atoms with Crippen LogP contribution in [-0.2, 0) is 4.79 Å². The van der Waals surface area contributed by atoms with E-state index >= 15 is 0 Å². The van der Waals surface area contributed by atoms with E-state index in [4.69, 9.17) is 0 Å². The van der Waals surface area contributed by atoms with Crippen molar-refractivity contribution >= 4 is 23.3 Å². The molecular weight excluding hydrogens is 314 g/mol. The van der Waals surface area contributed by atoms with Crippen LogP contribution in [0.5, 0.6) is 0 Å². The number of benzene rings is 2. The van der Waals surface area contributed by atoms with Gasteiger partial charge in [-0.15, -0.1) is 0 Å². The standard InChI is InChI=1S/C20H23N3O2/c1-14(15-6-3-2-4-7-15)13-21-20(25)23-18-9-5-8-17(12-18)22-19(24)16-10-11-16/h2-9,12,14,16H,10-11,13H2,1H3,(H,22,24)(H2,21,23,25)/t14-/m1/s1. The van der Waals surface area contributed by atoms with E-state index in [1.807, 2.05) is 30.3 Å². The second kappa shape index (κ2) is 7.83. The van der Waals surface area contributed by atoms with Gasteiger partial charge in [-0.25, -0.2) is 4.79 Å². The van der Waals surface area contributed by atoms with Crippen LogP contribution >= 0.6 is 0 Å². The third kappa shape index (κ3) is 5.08. The second-order valence-corrected chi connectivity index (χ2v) is 6.49. The summed E-state index contributed by atoms with van der Waals surface area (Å²) in [6.45, 7) is 2.62. The summed E-state index contributed by atoms with van der Waals surface area (Å²) in [6, 6.07) is 17.0. The number of anilines is 2. The summed E-state index contributed by atoms with van der Waals surface area (Å²) in [6.07, 6.45) is 1.93. The molecule has 0 saturated heterocycles. The average molecular weight is 337 g/mol. The lowest BCUT2D eigenvalue weighted by atomic mass is 10.0. The van der Waals surface area contributed by atoms with Crippen LogP contribution in [0.3, 0.4) is 0 Å². The average Bonchev–Trinajstić information content (AvgIpc) is 3.46. The quantitative estimate of drug-likeness (QED) is 0.747. The molecule has 1 fully saturated rings. The molecule has 1 aliphatic carbocycles. The van der Waals surface area contributed by atoms with Crippen LogP contribution in [0, 0.1) is 5.92 Å². The first-order valence-electron chi connectivity index (χ1n) is 8.62. The molecular formula is C20H23N3O2. The Morgan fingerprint density at radius 3 is 2.36 bits per heavy atom. The molecule has 3 rings (SSSR count). The van der Waals surface area contributed by atoms with Gasteiger partial charge in [-0.05, 0) is 42.5 Å². The number of amides is 3. The van der Waals surface area contributed by atoms with Crippen LogP contribution in [0.1, 0.15) is 31.2 Å². The number of nitrogens with one attached hydrogen (secondary N) is 3.